The van der Waals surface area contributed by atoms with Crippen LogP contribution in [-0.2, 0) is 0 Å². The fourth-order valence-electron chi connectivity index (χ4n) is 2.22. The second kappa shape index (κ2) is 5.96. The number of para-hydroxylation sites is 2. The first-order chi connectivity index (χ1) is 9.58. The average molecular weight is 273 g/mol. The lowest BCUT2D eigenvalue weighted by Crippen LogP contribution is -2.33. The number of benzene rings is 1. The lowest BCUT2D eigenvalue weighted by molar-refractivity contribution is 0.0841. The summed E-state index contributed by atoms with van der Waals surface area (Å²) >= 11 is 0. The molecule has 0 fully saturated rings. The molecule has 0 spiro atoms. The van der Waals surface area contributed by atoms with Crippen molar-refractivity contribution in [2.45, 2.75) is 20.8 Å². The average Bonchev–Trinajstić information content (AvgIpc) is 2.84. The Kier molecular flexibility index (Phi) is 4.29. The van der Waals surface area contributed by atoms with Crippen LogP contribution < -0.4 is 0 Å². The molecule has 2 rings (SSSR count). The maximum absolute atomic E-state index is 12.5. The van der Waals surface area contributed by atoms with Crippen molar-refractivity contribution in [1.29, 1.82) is 0 Å². The smallest absolute Gasteiger partial charge is 0.247 e. The van der Waals surface area contributed by atoms with Gasteiger partial charge >= 0.3 is 0 Å². The monoisotopic (exact) mass is 273 g/mol. The van der Waals surface area contributed by atoms with Crippen LogP contribution in [0.15, 0.2) is 24.3 Å². The summed E-state index contributed by atoms with van der Waals surface area (Å²) in [7, 11) is 0. The first kappa shape index (κ1) is 14.4. The molecule has 0 aliphatic carbocycles. The SMILES string of the molecule is CCN(CC)CC(=O)n1c(C(C)=O)nc2ccccc21. The molecule has 2 aromatic rings. The van der Waals surface area contributed by atoms with E-state index in [4.69, 9.17) is 0 Å². The summed E-state index contributed by atoms with van der Waals surface area (Å²) < 4.78 is 1.44. The number of imidazole rings is 1. The summed E-state index contributed by atoms with van der Waals surface area (Å²) in [5, 5.41) is 0. The number of aromatic nitrogens is 2. The van der Waals surface area contributed by atoms with Crippen molar-refractivity contribution >= 4 is 22.7 Å². The van der Waals surface area contributed by atoms with Gasteiger partial charge in [-0.25, -0.2) is 4.98 Å². The molecule has 5 nitrogen and oxygen atoms in total. The Morgan fingerprint density at radius 1 is 1.20 bits per heavy atom. The third-order valence-corrected chi connectivity index (χ3v) is 3.38. The molecule has 0 unspecified atom stereocenters. The highest BCUT2D eigenvalue weighted by atomic mass is 16.2. The van der Waals surface area contributed by atoms with Gasteiger partial charge in [0, 0.05) is 6.92 Å². The highest BCUT2D eigenvalue weighted by molar-refractivity contribution is 6.02. The maximum atomic E-state index is 12.5. The van der Waals surface area contributed by atoms with Crippen molar-refractivity contribution < 1.29 is 9.59 Å². The Balaban J connectivity index is 2.48. The molecule has 0 aliphatic heterocycles. The molecule has 106 valence electrons. The molecule has 0 aliphatic rings. The van der Waals surface area contributed by atoms with Crippen molar-refractivity contribution in [1.82, 2.24) is 14.5 Å². The van der Waals surface area contributed by atoms with Gasteiger partial charge in [-0.2, -0.15) is 0 Å². The highest BCUT2D eigenvalue weighted by Crippen LogP contribution is 2.16. The molecule has 0 bridgehead atoms. The fraction of sp³-hybridized carbons (Fsp3) is 0.400. The molecular formula is C15H19N3O2. The maximum Gasteiger partial charge on any atom is 0.247 e. The zero-order valence-corrected chi connectivity index (χ0v) is 12.1. The third-order valence-electron chi connectivity index (χ3n) is 3.38. The standard InChI is InChI=1S/C15H19N3O2/c1-4-17(5-2)10-14(20)18-13-9-7-6-8-12(13)16-15(18)11(3)19/h6-9H,4-5,10H2,1-3H3. The van der Waals surface area contributed by atoms with E-state index in [9.17, 15) is 9.59 Å². The first-order valence-electron chi connectivity index (χ1n) is 6.82. The van der Waals surface area contributed by atoms with Gasteiger partial charge in [-0.15, -0.1) is 0 Å². The van der Waals surface area contributed by atoms with Crippen LogP contribution in [0.4, 0.5) is 0 Å². The number of ketones is 1. The van der Waals surface area contributed by atoms with Gasteiger partial charge in [0.05, 0.1) is 17.6 Å². The molecule has 0 radical (unpaired) electrons. The Hall–Kier alpha value is -2.01. The van der Waals surface area contributed by atoms with Crippen LogP contribution in [0, 0.1) is 0 Å². The van der Waals surface area contributed by atoms with Crippen molar-refractivity contribution in [3.05, 3.63) is 30.1 Å². The van der Waals surface area contributed by atoms with Crippen molar-refractivity contribution in [2.75, 3.05) is 19.6 Å². The summed E-state index contributed by atoms with van der Waals surface area (Å²) in [6, 6.07) is 7.31. The van der Waals surface area contributed by atoms with Gasteiger partial charge in [-0.1, -0.05) is 26.0 Å². The predicted molar refractivity (Wildman–Crippen MR) is 78.2 cm³/mol. The van der Waals surface area contributed by atoms with Crippen LogP contribution in [0.5, 0.6) is 0 Å². The molecule has 0 saturated carbocycles. The summed E-state index contributed by atoms with van der Waals surface area (Å²) in [5.41, 5.74) is 1.36. The van der Waals surface area contributed by atoms with Crippen LogP contribution in [0.2, 0.25) is 0 Å². The van der Waals surface area contributed by atoms with E-state index in [1.165, 1.54) is 11.5 Å². The van der Waals surface area contributed by atoms with Gasteiger partial charge in [0.2, 0.25) is 5.91 Å². The van der Waals surface area contributed by atoms with E-state index in [0.29, 0.717) is 11.0 Å². The van der Waals surface area contributed by atoms with E-state index in [0.717, 1.165) is 13.1 Å². The largest absolute Gasteiger partial charge is 0.295 e. The molecule has 0 atom stereocenters. The number of nitrogens with zero attached hydrogens (tertiary/aromatic N) is 3. The third kappa shape index (κ3) is 2.63. The second-order valence-electron chi connectivity index (χ2n) is 4.67. The lowest BCUT2D eigenvalue weighted by Gasteiger charge is -2.17. The van der Waals surface area contributed by atoms with E-state index in [1.54, 1.807) is 0 Å². The van der Waals surface area contributed by atoms with Gasteiger partial charge in [-0.3, -0.25) is 19.1 Å². The number of likely N-dealkylation sites (N-methyl/N-ethyl adjacent to an activating group) is 1. The molecule has 0 N–H and O–H groups in total. The van der Waals surface area contributed by atoms with Crippen molar-refractivity contribution in [3.63, 3.8) is 0 Å². The van der Waals surface area contributed by atoms with E-state index in [-0.39, 0.29) is 24.1 Å². The summed E-state index contributed by atoms with van der Waals surface area (Å²) in [6.07, 6.45) is 0. The molecule has 1 heterocycles. The minimum Gasteiger partial charge on any atom is -0.295 e. The minimum atomic E-state index is -0.200. The van der Waals surface area contributed by atoms with Crippen molar-refractivity contribution in [3.8, 4) is 0 Å². The molecule has 20 heavy (non-hydrogen) atoms. The van der Waals surface area contributed by atoms with E-state index >= 15 is 0 Å². The number of fused-ring (bicyclic) bond motifs is 1. The van der Waals surface area contributed by atoms with Gasteiger partial charge in [0.25, 0.3) is 0 Å². The molecule has 0 saturated heterocycles. The summed E-state index contributed by atoms with van der Waals surface area (Å²) in [5.74, 6) is -0.106. The predicted octanol–water partition coefficient (Wildman–Crippen LogP) is 2.22. The lowest BCUT2D eigenvalue weighted by atomic mass is 10.3. The Morgan fingerprint density at radius 3 is 2.45 bits per heavy atom. The molecule has 1 aromatic heterocycles. The minimum absolute atomic E-state index is 0.118. The topological polar surface area (TPSA) is 55.2 Å². The molecular weight excluding hydrogens is 254 g/mol. The Bertz CT molecular complexity index is 642. The zero-order valence-electron chi connectivity index (χ0n) is 12.1. The molecule has 1 aromatic carbocycles. The van der Waals surface area contributed by atoms with E-state index < -0.39 is 0 Å². The summed E-state index contributed by atoms with van der Waals surface area (Å²) in [6.45, 7) is 7.33. The molecule has 5 heteroatoms. The van der Waals surface area contributed by atoms with Crippen LogP contribution in [0.3, 0.4) is 0 Å². The van der Waals surface area contributed by atoms with Gasteiger partial charge in [-0.05, 0) is 25.2 Å². The highest BCUT2D eigenvalue weighted by Gasteiger charge is 2.20. The van der Waals surface area contributed by atoms with Crippen LogP contribution in [-0.4, -0.2) is 45.8 Å². The Labute approximate surface area is 118 Å². The van der Waals surface area contributed by atoms with Crippen LogP contribution in [0.1, 0.15) is 36.2 Å². The van der Waals surface area contributed by atoms with Gasteiger partial charge in [0.1, 0.15) is 0 Å². The van der Waals surface area contributed by atoms with Gasteiger partial charge < -0.3 is 0 Å². The number of hydrogen-bond acceptors (Lipinski definition) is 4. The van der Waals surface area contributed by atoms with E-state index in [2.05, 4.69) is 4.98 Å². The zero-order chi connectivity index (χ0) is 14.7. The quantitative estimate of drug-likeness (QED) is 0.784. The number of hydrogen-bond donors (Lipinski definition) is 0. The number of carbonyl (C=O) groups excluding carboxylic acids is 2. The van der Waals surface area contributed by atoms with E-state index in [1.807, 2.05) is 43.0 Å². The van der Waals surface area contributed by atoms with Crippen LogP contribution >= 0.6 is 0 Å². The molecule has 0 amide bonds. The normalized spacial score (nSPS) is 11.2. The Morgan fingerprint density at radius 2 is 1.85 bits per heavy atom. The number of Topliss-reactive ketones (excluding diaryl/α,β-unsaturated/α-hetero) is 1. The first-order valence-corrected chi connectivity index (χ1v) is 6.82. The fourth-order valence-corrected chi connectivity index (χ4v) is 2.22. The second-order valence-corrected chi connectivity index (χ2v) is 4.67. The number of carbonyl (C=O) groups is 2. The summed E-state index contributed by atoms with van der Waals surface area (Å²) in [4.78, 5) is 30.5. The number of rotatable bonds is 5. The van der Waals surface area contributed by atoms with Crippen LogP contribution in [0.25, 0.3) is 11.0 Å². The van der Waals surface area contributed by atoms with Crippen molar-refractivity contribution in [2.24, 2.45) is 0 Å². The van der Waals surface area contributed by atoms with Gasteiger partial charge in [0.15, 0.2) is 11.6 Å².